The van der Waals surface area contributed by atoms with E-state index in [0.717, 1.165) is 29.8 Å². The zero-order valence-corrected chi connectivity index (χ0v) is 13.7. The van der Waals surface area contributed by atoms with Crippen LogP contribution in [0.5, 0.6) is 0 Å². The smallest absolute Gasteiger partial charge is 0.387 e. The van der Waals surface area contributed by atoms with E-state index in [1.807, 2.05) is 10.8 Å². The van der Waals surface area contributed by atoms with Gasteiger partial charge in [0.2, 0.25) is 0 Å². The summed E-state index contributed by atoms with van der Waals surface area (Å²) in [6, 6.07) is 5.73. The zero-order chi connectivity index (χ0) is 18.4. The third-order valence-corrected chi connectivity index (χ3v) is 4.05. The molecule has 0 aliphatic carbocycles. The van der Waals surface area contributed by atoms with Gasteiger partial charge >= 0.3 is 18.0 Å². The van der Waals surface area contributed by atoms with E-state index in [2.05, 4.69) is 10.6 Å². The lowest BCUT2D eigenvalue weighted by Crippen LogP contribution is -2.41. The topological polar surface area (TPSA) is 78.4 Å². The zero-order valence-electron chi connectivity index (χ0n) is 12.8. The van der Waals surface area contributed by atoms with Gasteiger partial charge in [0.1, 0.15) is 0 Å². The van der Waals surface area contributed by atoms with E-state index in [1.54, 1.807) is 6.07 Å². The number of hydrogen-bond donors (Lipinski definition) is 3. The van der Waals surface area contributed by atoms with E-state index < -0.39 is 29.7 Å². The van der Waals surface area contributed by atoms with Crippen molar-refractivity contribution in [3.63, 3.8) is 0 Å². The molecule has 3 N–H and O–H groups in total. The number of aliphatic hydroxyl groups excluding tert-OH is 1. The molecule has 1 unspecified atom stereocenters. The molecule has 134 valence electrons. The lowest BCUT2D eigenvalue weighted by Gasteiger charge is -2.13. The number of rotatable bonds is 5. The summed E-state index contributed by atoms with van der Waals surface area (Å²) in [5.41, 5.74) is 0.225. The van der Waals surface area contributed by atoms with Gasteiger partial charge in [0.05, 0.1) is 11.7 Å². The fourth-order valence-electron chi connectivity index (χ4n) is 1.94. The number of thiophene rings is 1. The largest absolute Gasteiger partial charge is 0.416 e. The Bertz CT molecular complexity index is 715. The van der Waals surface area contributed by atoms with Gasteiger partial charge in [-0.3, -0.25) is 9.59 Å². The maximum Gasteiger partial charge on any atom is 0.416 e. The van der Waals surface area contributed by atoms with Crippen LogP contribution in [0.25, 0.3) is 0 Å². The highest BCUT2D eigenvalue weighted by Gasteiger charge is 2.30. The molecule has 0 saturated heterocycles. The molecule has 0 bridgehead atoms. The molecule has 0 spiro atoms. The molecule has 2 aromatic rings. The first kappa shape index (κ1) is 18.9. The number of halogens is 3. The number of carbonyl (C=O) groups excluding carboxylic acids is 2. The molecule has 0 saturated carbocycles. The average molecular weight is 372 g/mol. The van der Waals surface area contributed by atoms with Gasteiger partial charge in [0, 0.05) is 13.1 Å². The van der Waals surface area contributed by atoms with Crippen LogP contribution in [-0.4, -0.2) is 23.5 Å². The molecule has 2 amide bonds. The van der Waals surface area contributed by atoms with Crippen molar-refractivity contribution in [3.8, 4) is 0 Å². The van der Waals surface area contributed by atoms with Gasteiger partial charge in [0.15, 0.2) is 0 Å². The molecular weight excluding hydrogens is 357 g/mol. The first-order valence-corrected chi connectivity index (χ1v) is 8.14. The van der Waals surface area contributed by atoms with E-state index >= 15 is 0 Å². The predicted octanol–water partition coefficient (Wildman–Crippen LogP) is 2.23. The highest BCUT2D eigenvalue weighted by molar-refractivity contribution is 7.07. The van der Waals surface area contributed by atoms with Crippen molar-refractivity contribution in [2.75, 3.05) is 6.54 Å². The van der Waals surface area contributed by atoms with E-state index in [0.29, 0.717) is 0 Å². The van der Waals surface area contributed by atoms with E-state index in [9.17, 15) is 27.9 Å². The van der Waals surface area contributed by atoms with Gasteiger partial charge in [0.25, 0.3) is 0 Å². The monoisotopic (exact) mass is 372 g/mol. The molecule has 0 fully saturated rings. The molecule has 1 aromatic carbocycles. The SMILES string of the molecule is O=C(NCc1ccsc1)C(=O)NCC(O)c1ccc(C(F)(F)F)cc1. The highest BCUT2D eigenvalue weighted by Crippen LogP contribution is 2.29. The number of hydrogen-bond acceptors (Lipinski definition) is 4. The molecule has 5 nitrogen and oxygen atoms in total. The number of alkyl halides is 3. The van der Waals surface area contributed by atoms with Gasteiger partial charge in [-0.25, -0.2) is 0 Å². The summed E-state index contributed by atoms with van der Waals surface area (Å²) in [5, 5.41) is 18.2. The summed E-state index contributed by atoms with van der Waals surface area (Å²) in [7, 11) is 0. The Labute approximate surface area is 145 Å². The summed E-state index contributed by atoms with van der Waals surface area (Å²) in [6.45, 7) is -0.0900. The van der Waals surface area contributed by atoms with Gasteiger partial charge < -0.3 is 15.7 Å². The van der Waals surface area contributed by atoms with Crippen LogP contribution < -0.4 is 10.6 Å². The Morgan fingerprint density at radius 1 is 1.08 bits per heavy atom. The van der Waals surface area contributed by atoms with Gasteiger partial charge in [-0.05, 0) is 40.1 Å². The van der Waals surface area contributed by atoms with Gasteiger partial charge in [-0.2, -0.15) is 24.5 Å². The molecule has 9 heteroatoms. The summed E-state index contributed by atoms with van der Waals surface area (Å²) >= 11 is 1.46. The molecule has 25 heavy (non-hydrogen) atoms. The fraction of sp³-hybridized carbons (Fsp3) is 0.250. The Balaban J connectivity index is 1.81. The quantitative estimate of drug-likeness (QED) is 0.705. The summed E-state index contributed by atoms with van der Waals surface area (Å²) in [5.74, 6) is -1.79. The van der Waals surface area contributed by atoms with Crippen molar-refractivity contribution in [3.05, 3.63) is 57.8 Å². The molecule has 0 aliphatic heterocycles. The van der Waals surface area contributed by atoms with Crippen molar-refractivity contribution in [2.45, 2.75) is 18.8 Å². The van der Waals surface area contributed by atoms with Crippen molar-refractivity contribution in [1.82, 2.24) is 10.6 Å². The first-order valence-electron chi connectivity index (χ1n) is 7.19. The number of benzene rings is 1. The molecule has 0 radical (unpaired) electrons. The normalized spacial score (nSPS) is 12.5. The lowest BCUT2D eigenvalue weighted by molar-refractivity contribution is -0.139. The van der Waals surface area contributed by atoms with E-state index in [-0.39, 0.29) is 18.7 Å². The van der Waals surface area contributed by atoms with Crippen LogP contribution in [0.3, 0.4) is 0 Å². The fourth-order valence-corrected chi connectivity index (χ4v) is 2.61. The second-order valence-electron chi connectivity index (χ2n) is 5.16. The predicted molar refractivity (Wildman–Crippen MR) is 85.6 cm³/mol. The maximum absolute atomic E-state index is 12.5. The van der Waals surface area contributed by atoms with Crippen LogP contribution in [0.2, 0.25) is 0 Å². The van der Waals surface area contributed by atoms with Crippen LogP contribution in [0.4, 0.5) is 13.2 Å². The first-order chi connectivity index (χ1) is 11.8. The standard InChI is InChI=1S/C16H15F3N2O3S/c17-16(18,19)12-3-1-11(2-4-12)13(22)8-21-15(24)14(23)20-7-10-5-6-25-9-10/h1-6,9,13,22H,7-8H2,(H,20,23)(H,21,24). The molecule has 2 rings (SSSR count). The molecule has 0 aliphatic rings. The summed E-state index contributed by atoms with van der Waals surface area (Å²) < 4.78 is 37.4. The Hall–Kier alpha value is -2.39. The average Bonchev–Trinajstić information content (AvgIpc) is 3.10. The third-order valence-electron chi connectivity index (χ3n) is 3.32. The minimum absolute atomic E-state index is 0.201. The van der Waals surface area contributed by atoms with Crippen molar-refractivity contribution >= 4 is 23.2 Å². The maximum atomic E-state index is 12.5. The van der Waals surface area contributed by atoms with Crippen molar-refractivity contribution in [1.29, 1.82) is 0 Å². The Morgan fingerprint density at radius 3 is 2.28 bits per heavy atom. The lowest BCUT2D eigenvalue weighted by atomic mass is 10.1. The molecular formula is C16H15F3N2O3S. The van der Waals surface area contributed by atoms with Crippen LogP contribution in [0, 0.1) is 0 Å². The van der Waals surface area contributed by atoms with Crippen LogP contribution in [0.15, 0.2) is 41.1 Å². The summed E-state index contributed by atoms with van der Waals surface area (Å²) in [4.78, 5) is 23.3. The van der Waals surface area contributed by atoms with Gasteiger partial charge in [-0.1, -0.05) is 12.1 Å². The number of aliphatic hydroxyl groups is 1. The van der Waals surface area contributed by atoms with Crippen LogP contribution in [-0.2, 0) is 22.3 Å². The second-order valence-corrected chi connectivity index (χ2v) is 5.94. The molecule has 1 aromatic heterocycles. The van der Waals surface area contributed by atoms with E-state index in [1.165, 1.54) is 11.3 Å². The van der Waals surface area contributed by atoms with Crippen molar-refractivity contribution in [2.24, 2.45) is 0 Å². The number of nitrogens with one attached hydrogen (secondary N) is 2. The molecule has 1 heterocycles. The summed E-state index contributed by atoms with van der Waals surface area (Å²) in [6.07, 6.45) is -5.69. The number of amides is 2. The number of carbonyl (C=O) groups is 2. The van der Waals surface area contributed by atoms with Crippen molar-refractivity contribution < 1.29 is 27.9 Å². The van der Waals surface area contributed by atoms with Crippen LogP contribution in [0.1, 0.15) is 22.8 Å². The minimum atomic E-state index is -4.46. The van der Waals surface area contributed by atoms with Crippen LogP contribution >= 0.6 is 11.3 Å². The third kappa shape index (κ3) is 5.57. The van der Waals surface area contributed by atoms with E-state index in [4.69, 9.17) is 0 Å². The highest BCUT2D eigenvalue weighted by atomic mass is 32.1. The van der Waals surface area contributed by atoms with Gasteiger partial charge in [-0.15, -0.1) is 0 Å². The molecule has 1 atom stereocenters. The second kappa shape index (κ2) is 8.13. The Kier molecular flexibility index (Phi) is 6.16. The minimum Gasteiger partial charge on any atom is -0.387 e. The Morgan fingerprint density at radius 2 is 1.72 bits per heavy atom.